The van der Waals surface area contributed by atoms with Crippen molar-refractivity contribution >= 4 is 0 Å². The van der Waals surface area contributed by atoms with E-state index < -0.39 is 12.6 Å². The van der Waals surface area contributed by atoms with Crippen molar-refractivity contribution in [3.63, 3.8) is 0 Å². The molecule has 0 aliphatic heterocycles. The van der Waals surface area contributed by atoms with Gasteiger partial charge in [-0.1, -0.05) is 19.3 Å². The number of ether oxygens (including phenoxy) is 1. The molecule has 0 aromatic carbocycles. The summed E-state index contributed by atoms with van der Waals surface area (Å²) in [5, 5.41) is 0. The van der Waals surface area contributed by atoms with Gasteiger partial charge in [0.15, 0.2) is 0 Å². The van der Waals surface area contributed by atoms with Crippen LogP contribution in [0.3, 0.4) is 0 Å². The van der Waals surface area contributed by atoms with Gasteiger partial charge in [0.25, 0.3) is 0 Å². The first-order valence-corrected chi connectivity index (χ1v) is 5.85. The van der Waals surface area contributed by atoms with E-state index in [4.69, 9.17) is 10.5 Å². The molecule has 5 heteroatoms. The van der Waals surface area contributed by atoms with Gasteiger partial charge >= 0.3 is 6.18 Å². The molecule has 1 aliphatic rings. The lowest BCUT2D eigenvalue weighted by Gasteiger charge is -2.33. The summed E-state index contributed by atoms with van der Waals surface area (Å²) >= 11 is 0. The highest BCUT2D eigenvalue weighted by atomic mass is 19.4. The number of rotatable bonds is 5. The van der Waals surface area contributed by atoms with Crippen LogP contribution in [0.1, 0.15) is 44.9 Å². The summed E-state index contributed by atoms with van der Waals surface area (Å²) in [7, 11) is 0. The molecule has 2 N–H and O–H groups in total. The van der Waals surface area contributed by atoms with E-state index in [0.717, 1.165) is 25.7 Å². The van der Waals surface area contributed by atoms with Crippen molar-refractivity contribution in [3.8, 4) is 0 Å². The van der Waals surface area contributed by atoms with Gasteiger partial charge in [-0.3, -0.25) is 0 Å². The van der Waals surface area contributed by atoms with Crippen molar-refractivity contribution in [2.75, 3.05) is 13.2 Å². The number of hydrogen-bond donors (Lipinski definition) is 1. The first-order chi connectivity index (χ1) is 7.41. The molecule has 2 nitrogen and oxygen atoms in total. The van der Waals surface area contributed by atoms with Crippen LogP contribution >= 0.6 is 0 Å². The third-order valence-electron chi connectivity index (χ3n) is 2.99. The molecule has 96 valence electrons. The Labute approximate surface area is 94.3 Å². The van der Waals surface area contributed by atoms with Crippen molar-refractivity contribution in [1.82, 2.24) is 0 Å². The van der Waals surface area contributed by atoms with E-state index in [-0.39, 0.29) is 18.6 Å². The first kappa shape index (κ1) is 13.8. The monoisotopic (exact) mass is 239 g/mol. The lowest BCUT2D eigenvalue weighted by Crippen LogP contribution is -2.46. The zero-order valence-electron chi connectivity index (χ0n) is 9.48. The fraction of sp³-hybridized carbons (Fsp3) is 1.00. The smallest absolute Gasteiger partial charge is 0.380 e. The zero-order valence-corrected chi connectivity index (χ0v) is 9.48. The van der Waals surface area contributed by atoms with E-state index in [0.29, 0.717) is 6.61 Å². The second kappa shape index (κ2) is 5.87. The Balaban J connectivity index is 2.06. The van der Waals surface area contributed by atoms with Crippen molar-refractivity contribution < 1.29 is 17.9 Å². The van der Waals surface area contributed by atoms with Crippen LogP contribution in [0.4, 0.5) is 13.2 Å². The predicted octanol–water partition coefficient (Wildman–Crippen LogP) is 3.01. The molecule has 1 fully saturated rings. The Hall–Kier alpha value is -0.290. The fourth-order valence-electron chi connectivity index (χ4n) is 2.05. The second-order valence-corrected chi connectivity index (χ2v) is 4.69. The van der Waals surface area contributed by atoms with E-state index in [1.165, 1.54) is 6.42 Å². The first-order valence-electron chi connectivity index (χ1n) is 5.85. The van der Waals surface area contributed by atoms with E-state index in [1.807, 2.05) is 0 Å². The highest BCUT2D eigenvalue weighted by molar-refractivity contribution is 4.86. The molecule has 0 saturated heterocycles. The lowest BCUT2D eigenvalue weighted by atomic mass is 9.83. The van der Waals surface area contributed by atoms with E-state index in [1.54, 1.807) is 0 Å². The molecule has 0 spiro atoms. The maximum absolute atomic E-state index is 11.8. The molecule has 0 heterocycles. The highest BCUT2D eigenvalue weighted by Gasteiger charge is 2.28. The summed E-state index contributed by atoms with van der Waals surface area (Å²) in [5.74, 6) is 0. The Kier molecular flexibility index (Phi) is 5.05. The van der Waals surface area contributed by atoms with Crippen LogP contribution in [-0.4, -0.2) is 24.9 Å². The summed E-state index contributed by atoms with van der Waals surface area (Å²) in [4.78, 5) is 0. The van der Waals surface area contributed by atoms with Crippen LogP contribution in [0.2, 0.25) is 0 Å². The molecule has 16 heavy (non-hydrogen) atoms. The number of hydrogen-bond acceptors (Lipinski definition) is 2. The topological polar surface area (TPSA) is 35.2 Å². The quantitative estimate of drug-likeness (QED) is 0.748. The molecule has 0 amide bonds. The molecule has 0 aromatic rings. The minimum absolute atomic E-state index is 0.0274. The van der Waals surface area contributed by atoms with Gasteiger partial charge in [-0.15, -0.1) is 0 Å². The average molecular weight is 239 g/mol. The van der Waals surface area contributed by atoms with Crippen LogP contribution in [0.15, 0.2) is 0 Å². The molecular formula is C11H20F3NO. The largest absolute Gasteiger partial charge is 0.389 e. The maximum atomic E-state index is 11.8. The summed E-state index contributed by atoms with van der Waals surface area (Å²) in [6.07, 6.45) is 0.426. The summed E-state index contributed by atoms with van der Waals surface area (Å²) in [6, 6.07) is 0. The van der Waals surface area contributed by atoms with Gasteiger partial charge in [-0.05, 0) is 19.3 Å². The maximum Gasteiger partial charge on any atom is 0.389 e. The Morgan fingerprint density at radius 2 is 1.75 bits per heavy atom. The zero-order chi connectivity index (χ0) is 12.1. The Morgan fingerprint density at radius 1 is 1.12 bits per heavy atom. The number of alkyl halides is 3. The molecule has 0 radical (unpaired) electrons. The Morgan fingerprint density at radius 3 is 2.31 bits per heavy atom. The molecule has 0 aromatic heterocycles. The van der Waals surface area contributed by atoms with Gasteiger partial charge in [0.2, 0.25) is 0 Å². The number of nitrogens with two attached hydrogens (primary N) is 1. The Bertz CT molecular complexity index is 200. The second-order valence-electron chi connectivity index (χ2n) is 4.69. The van der Waals surface area contributed by atoms with Gasteiger partial charge in [0.05, 0.1) is 6.61 Å². The van der Waals surface area contributed by atoms with Crippen LogP contribution < -0.4 is 5.73 Å². The van der Waals surface area contributed by atoms with E-state index in [9.17, 15) is 13.2 Å². The van der Waals surface area contributed by atoms with Gasteiger partial charge in [0, 0.05) is 18.6 Å². The van der Waals surface area contributed by atoms with Gasteiger partial charge in [-0.2, -0.15) is 13.2 Å². The van der Waals surface area contributed by atoms with E-state index >= 15 is 0 Å². The normalized spacial score (nSPS) is 21.0. The highest BCUT2D eigenvalue weighted by Crippen LogP contribution is 2.26. The molecule has 0 bridgehead atoms. The van der Waals surface area contributed by atoms with Crippen molar-refractivity contribution in [2.24, 2.45) is 5.73 Å². The van der Waals surface area contributed by atoms with Crippen molar-refractivity contribution in [3.05, 3.63) is 0 Å². The van der Waals surface area contributed by atoms with Crippen LogP contribution in [0.25, 0.3) is 0 Å². The van der Waals surface area contributed by atoms with Crippen LogP contribution in [0, 0.1) is 0 Å². The molecule has 1 rings (SSSR count). The summed E-state index contributed by atoms with van der Waals surface area (Å²) in [6.45, 7) is 0.545. The fourth-order valence-corrected chi connectivity index (χ4v) is 2.05. The van der Waals surface area contributed by atoms with Crippen LogP contribution in [0.5, 0.6) is 0 Å². The molecule has 0 unspecified atom stereocenters. The van der Waals surface area contributed by atoms with Gasteiger partial charge in [0.1, 0.15) is 0 Å². The molecular weight excluding hydrogens is 219 g/mol. The SMILES string of the molecule is NC1(COCCCC(F)(F)F)CCCCC1. The third kappa shape index (κ3) is 5.70. The minimum Gasteiger partial charge on any atom is -0.380 e. The predicted molar refractivity (Wildman–Crippen MR) is 56.1 cm³/mol. The van der Waals surface area contributed by atoms with Gasteiger partial charge < -0.3 is 10.5 Å². The van der Waals surface area contributed by atoms with E-state index in [2.05, 4.69) is 0 Å². The summed E-state index contributed by atoms with van der Waals surface area (Å²) in [5.41, 5.74) is 5.78. The standard InChI is InChI=1S/C11H20F3NO/c12-11(13,14)7-4-8-16-9-10(15)5-2-1-3-6-10/h1-9,15H2. The average Bonchev–Trinajstić information content (AvgIpc) is 2.16. The van der Waals surface area contributed by atoms with Crippen LogP contribution in [-0.2, 0) is 4.74 Å². The number of halogens is 3. The van der Waals surface area contributed by atoms with Crippen molar-refractivity contribution in [1.29, 1.82) is 0 Å². The third-order valence-corrected chi connectivity index (χ3v) is 2.99. The molecule has 0 atom stereocenters. The minimum atomic E-state index is -4.07. The molecule has 1 aliphatic carbocycles. The van der Waals surface area contributed by atoms with Gasteiger partial charge in [-0.25, -0.2) is 0 Å². The molecule has 1 saturated carbocycles. The lowest BCUT2D eigenvalue weighted by molar-refractivity contribution is -0.138. The summed E-state index contributed by atoms with van der Waals surface area (Å²) < 4.78 is 40.7. The van der Waals surface area contributed by atoms with Crippen molar-refractivity contribution in [2.45, 2.75) is 56.7 Å².